The summed E-state index contributed by atoms with van der Waals surface area (Å²) in [5, 5.41) is 12.2. The fraction of sp³-hybridized carbons (Fsp3) is 0.300. The highest BCUT2D eigenvalue weighted by atomic mass is 35.5. The molecule has 0 atom stereocenters. The lowest BCUT2D eigenvalue weighted by Gasteiger charge is -2.22. The number of carbonyl (C=O) groups excluding carboxylic acids is 1. The van der Waals surface area contributed by atoms with Gasteiger partial charge in [-0.05, 0) is 56.2 Å². The first-order valence-electron chi connectivity index (χ1n) is 8.48. The van der Waals surface area contributed by atoms with Crippen molar-refractivity contribution < 1.29 is 32.6 Å². The molecule has 9 heteroatoms. The van der Waals surface area contributed by atoms with Gasteiger partial charge in [-0.15, -0.1) is 0 Å². The first-order chi connectivity index (χ1) is 13.3. The van der Waals surface area contributed by atoms with E-state index >= 15 is 0 Å². The number of anilines is 1. The quantitative estimate of drug-likeness (QED) is 0.625. The van der Waals surface area contributed by atoms with Gasteiger partial charge in [0.05, 0.1) is 11.1 Å². The zero-order chi connectivity index (χ0) is 22.0. The molecule has 0 aliphatic heterocycles. The summed E-state index contributed by atoms with van der Waals surface area (Å²) in [6.07, 6.45) is -5.83. The Bertz CT molecular complexity index is 919. The van der Waals surface area contributed by atoms with Gasteiger partial charge in [-0.25, -0.2) is 9.59 Å². The van der Waals surface area contributed by atoms with E-state index in [0.29, 0.717) is 22.7 Å². The third-order valence-electron chi connectivity index (χ3n) is 3.74. The van der Waals surface area contributed by atoms with E-state index in [4.69, 9.17) is 16.3 Å². The molecule has 29 heavy (non-hydrogen) atoms. The number of carbonyl (C=O) groups is 2. The van der Waals surface area contributed by atoms with Gasteiger partial charge in [0.2, 0.25) is 0 Å². The van der Waals surface area contributed by atoms with Gasteiger partial charge >= 0.3 is 18.2 Å². The van der Waals surface area contributed by atoms with E-state index in [1.807, 2.05) is 0 Å². The zero-order valence-electron chi connectivity index (χ0n) is 15.9. The maximum absolute atomic E-state index is 13.3. The summed E-state index contributed by atoms with van der Waals surface area (Å²) in [6, 6.07) is 7.62. The monoisotopic (exact) mass is 429 g/mol. The van der Waals surface area contributed by atoms with Gasteiger partial charge in [0.25, 0.3) is 0 Å². The molecule has 0 aliphatic carbocycles. The van der Waals surface area contributed by atoms with E-state index in [1.165, 1.54) is 0 Å². The molecule has 0 unspecified atom stereocenters. The molecule has 2 aromatic carbocycles. The lowest BCUT2D eigenvalue weighted by molar-refractivity contribution is -0.137. The van der Waals surface area contributed by atoms with Gasteiger partial charge in [0, 0.05) is 17.1 Å². The molecular formula is C20H19ClF3NO4. The Morgan fingerprint density at radius 2 is 1.69 bits per heavy atom. The molecule has 2 N–H and O–H groups in total. The lowest BCUT2D eigenvalue weighted by atomic mass is 9.95. The van der Waals surface area contributed by atoms with Crippen LogP contribution in [0, 0.1) is 0 Å². The summed E-state index contributed by atoms with van der Waals surface area (Å²) < 4.78 is 44.9. The first kappa shape index (κ1) is 22.5. The van der Waals surface area contributed by atoms with Crippen LogP contribution in [-0.2, 0) is 17.3 Å². The minimum Gasteiger partial charge on any atom is -0.478 e. The minimum atomic E-state index is -4.80. The highest BCUT2D eigenvalue weighted by molar-refractivity contribution is 6.30. The molecule has 0 fully saturated rings. The lowest BCUT2D eigenvalue weighted by Crippen LogP contribution is -2.28. The fourth-order valence-corrected chi connectivity index (χ4v) is 2.67. The number of benzene rings is 2. The molecule has 0 saturated heterocycles. The third-order valence-corrected chi connectivity index (χ3v) is 3.99. The molecule has 0 heterocycles. The van der Waals surface area contributed by atoms with Gasteiger partial charge in [0.1, 0.15) is 5.60 Å². The van der Waals surface area contributed by atoms with Gasteiger partial charge in [-0.1, -0.05) is 23.7 Å². The van der Waals surface area contributed by atoms with Crippen LogP contribution < -0.4 is 5.32 Å². The molecule has 156 valence electrons. The van der Waals surface area contributed by atoms with Crippen LogP contribution in [0.2, 0.25) is 5.02 Å². The number of aromatic carboxylic acids is 1. The topological polar surface area (TPSA) is 75.6 Å². The standard InChI is InChI=1S/C20H19ClF3NO4/c1-19(2,3)29-18(28)25-16-10-12(20(22,23)24)9-15(17(26)27)14(16)8-11-4-6-13(21)7-5-11/h4-7,9-10H,8H2,1-3H3,(H,25,28)(H,26,27). The summed E-state index contributed by atoms with van der Waals surface area (Å²) in [5.41, 5.74) is -2.33. The number of nitrogens with one attached hydrogen (secondary N) is 1. The summed E-state index contributed by atoms with van der Waals surface area (Å²) in [7, 11) is 0. The van der Waals surface area contributed by atoms with Gasteiger partial charge in [-0.2, -0.15) is 13.2 Å². The van der Waals surface area contributed by atoms with E-state index in [1.54, 1.807) is 45.0 Å². The van der Waals surface area contributed by atoms with Crippen LogP contribution in [0.15, 0.2) is 36.4 Å². The maximum atomic E-state index is 13.3. The number of carboxylic acid groups (broad SMARTS) is 1. The molecule has 2 rings (SSSR count). The molecule has 0 aromatic heterocycles. The Morgan fingerprint density at radius 1 is 1.10 bits per heavy atom. The number of alkyl halides is 3. The number of halogens is 4. The molecule has 0 aliphatic rings. The Balaban J connectivity index is 2.58. The number of carboxylic acids is 1. The molecule has 0 spiro atoms. The summed E-state index contributed by atoms with van der Waals surface area (Å²) in [4.78, 5) is 23.8. The average molecular weight is 430 g/mol. The summed E-state index contributed by atoms with van der Waals surface area (Å²) in [6.45, 7) is 4.78. The fourth-order valence-electron chi connectivity index (χ4n) is 2.55. The van der Waals surface area contributed by atoms with E-state index in [0.717, 1.165) is 0 Å². The second-order valence-electron chi connectivity index (χ2n) is 7.28. The molecule has 0 saturated carbocycles. The molecule has 1 amide bonds. The predicted octanol–water partition coefficient (Wildman–Crippen LogP) is 5.99. The number of amides is 1. The van der Waals surface area contributed by atoms with Crippen molar-refractivity contribution in [2.45, 2.75) is 39.0 Å². The van der Waals surface area contributed by atoms with Gasteiger partial charge < -0.3 is 9.84 Å². The van der Waals surface area contributed by atoms with Crippen molar-refractivity contribution in [1.29, 1.82) is 0 Å². The average Bonchev–Trinajstić information content (AvgIpc) is 2.55. The summed E-state index contributed by atoms with van der Waals surface area (Å²) in [5.74, 6) is -1.55. The van der Waals surface area contributed by atoms with Crippen LogP contribution >= 0.6 is 11.6 Å². The highest BCUT2D eigenvalue weighted by Gasteiger charge is 2.33. The molecule has 5 nitrogen and oxygen atoms in total. The van der Waals surface area contributed by atoms with Crippen LogP contribution in [0.1, 0.15) is 47.8 Å². The van der Waals surface area contributed by atoms with E-state index < -0.39 is 35.0 Å². The van der Waals surface area contributed by atoms with Crippen molar-refractivity contribution in [3.63, 3.8) is 0 Å². The Labute approximate surface area is 170 Å². The second kappa shape index (κ2) is 8.32. The van der Waals surface area contributed by atoms with Crippen molar-refractivity contribution in [3.8, 4) is 0 Å². The SMILES string of the molecule is CC(C)(C)OC(=O)Nc1cc(C(F)(F)F)cc(C(=O)O)c1Cc1ccc(Cl)cc1. The van der Waals surface area contributed by atoms with Crippen LogP contribution in [0.4, 0.5) is 23.7 Å². The van der Waals surface area contributed by atoms with E-state index in [2.05, 4.69) is 5.32 Å². The second-order valence-corrected chi connectivity index (χ2v) is 7.72. The van der Waals surface area contributed by atoms with Crippen molar-refractivity contribution in [1.82, 2.24) is 0 Å². The normalized spacial score (nSPS) is 11.8. The molecule has 0 bridgehead atoms. The van der Waals surface area contributed by atoms with Crippen molar-refractivity contribution >= 4 is 29.4 Å². The highest BCUT2D eigenvalue weighted by Crippen LogP contribution is 2.35. The van der Waals surface area contributed by atoms with Crippen LogP contribution in [0.25, 0.3) is 0 Å². The van der Waals surface area contributed by atoms with Crippen LogP contribution in [0.3, 0.4) is 0 Å². The summed E-state index contributed by atoms with van der Waals surface area (Å²) >= 11 is 5.84. The van der Waals surface area contributed by atoms with Crippen molar-refractivity contribution in [2.75, 3.05) is 5.32 Å². The number of hydrogen-bond acceptors (Lipinski definition) is 3. The predicted molar refractivity (Wildman–Crippen MR) is 103 cm³/mol. The maximum Gasteiger partial charge on any atom is 0.416 e. The van der Waals surface area contributed by atoms with Gasteiger partial charge in [0.15, 0.2) is 0 Å². The number of ether oxygens (including phenoxy) is 1. The molecule has 0 radical (unpaired) electrons. The van der Waals surface area contributed by atoms with E-state index in [-0.39, 0.29) is 17.7 Å². The molecule has 2 aromatic rings. The Hall–Kier alpha value is -2.74. The van der Waals surface area contributed by atoms with Gasteiger partial charge in [-0.3, -0.25) is 5.32 Å². The van der Waals surface area contributed by atoms with Crippen LogP contribution in [-0.4, -0.2) is 22.8 Å². The third kappa shape index (κ3) is 6.39. The minimum absolute atomic E-state index is 0.0127. The number of hydrogen-bond donors (Lipinski definition) is 2. The Morgan fingerprint density at radius 3 is 2.17 bits per heavy atom. The zero-order valence-corrected chi connectivity index (χ0v) is 16.6. The number of rotatable bonds is 4. The van der Waals surface area contributed by atoms with Crippen LogP contribution in [0.5, 0.6) is 0 Å². The van der Waals surface area contributed by atoms with Crippen molar-refractivity contribution in [3.05, 3.63) is 63.7 Å². The molecular weight excluding hydrogens is 411 g/mol. The largest absolute Gasteiger partial charge is 0.478 e. The first-order valence-corrected chi connectivity index (χ1v) is 8.86. The Kier molecular flexibility index (Phi) is 6.47. The van der Waals surface area contributed by atoms with Crippen molar-refractivity contribution in [2.24, 2.45) is 0 Å². The smallest absolute Gasteiger partial charge is 0.416 e. The van der Waals surface area contributed by atoms with E-state index in [9.17, 15) is 27.9 Å².